The van der Waals surface area contributed by atoms with Gasteiger partial charge in [-0.25, -0.2) is 4.98 Å². The molecule has 1 unspecified atom stereocenters. The van der Waals surface area contributed by atoms with Gasteiger partial charge in [-0.2, -0.15) is 0 Å². The lowest BCUT2D eigenvalue weighted by Crippen LogP contribution is -2.22. The third-order valence-corrected chi connectivity index (χ3v) is 5.45. The Kier molecular flexibility index (Phi) is 4.93. The van der Waals surface area contributed by atoms with E-state index in [2.05, 4.69) is 38.1 Å². The maximum atomic E-state index is 11.1. The second-order valence-corrected chi connectivity index (χ2v) is 7.48. The molecule has 1 aromatic heterocycles. The van der Waals surface area contributed by atoms with Gasteiger partial charge in [-0.1, -0.05) is 44.2 Å². The van der Waals surface area contributed by atoms with Crippen LogP contribution in [0.25, 0.3) is 11.3 Å². The summed E-state index contributed by atoms with van der Waals surface area (Å²) in [4.78, 5) is 4.71. The van der Waals surface area contributed by atoms with Gasteiger partial charge in [-0.3, -0.25) is 0 Å². The first-order chi connectivity index (χ1) is 11.9. The molecule has 2 aromatic carbocycles. The Hall–Kier alpha value is -2.17. The van der Waals surface area contributed by atoms with Crippen molar-refractivity contribution in [1.82, 2.24) is 4.98 Å². The number of nitrogens with zero attached hydrogens (tertiary/aromatic N) is 1. The summed E-state index contributed by atoms with van der Waals surface area (Å²) in [5.74, 6) is 1.19. The molecule has 3 aromatic rings. The average molecular weight is 353 g/mol. The summed E-state index contributed by atoms with van der Waals surface area (Å²) in [6.07, 6.45) is 0. The van der Waals surface area contributed by atoms with Crippen LogP contribution in [0.4, 0.5) is 0 Å². The summed E-state index contributed by atoms with van der Waals surface area (Å²) in [6, 6.07) is 15.9. The minimum Gasteiger partial charge on any atom is -0.497 e. The highest BCUT2D eigenvalue weighted by atomic mass is 32.1. The minimum absolute atomic E-state index is 0.470. The summed E-state index contributed by atoms with van der Waals surface area (Å²) < 4.78 is 5.27. The minimum atomic E-state index is -1.16. The van der Waals surface area contributed by atoms with Crippen molar-refractivity contribution in [2.45, 2.75) is 32.3 Å². The van der Waals surface area contributed by atoms with Gasteiger partial charge in [0.2, 0.25) is 0 Å². The number of benzene rings is 2. The number of methoxy groups -OCH3 is 1. The van der Waals surface area contributed by atoms with Gasteiger partial charge in [0.25, 0.3) is 0 Å². The van der Waals surface area contributed by atoms with Crippen LogP contribution in [-0.2, 0) is 5.60 Å². The van der Waals surface area contributed by atoms with Gasteiger partial charge in [0.1, 0.15) is 16.4 Å². The van der Waals surface area contributed by atoms with Crippen molar-refractivity contribution in [3.63, 3.8) is 0 Å². The molecular weight excluding hydrogens is 330 g/mol. The molecule has 1 heterocycles. The second-order valence-electron chi connectivity index (χ2n) is 6.62. The molecule has 0 fully saturated rings. The third-order valence-electron chi connectivity index (χ3n) is 4.40. The molecule has 0 saturated heterocycles. The van der Waals surface area contributed by atoms with Crippen molar-refractivity contribution in [2.75, 3.05) is 7.11 Å². The number of rotatable bonds is 5. The zero-order valence-electron chi connectivity index (χ0n) is 15.0. The van der Waals surface area contributed by atoms with Crippen LogP contribution in [0.2, 0.25) is 0 Å². The molecule has 25 heavy (non-hydrogen) atoms. The Morgan fingerprint density at radius 1 is 1.12 bits per heavy atom. The van der Waals surface area contributed by atoms with E-state index in [-0.39, 0.29) is 0 Å². The molecule has 0 bridgehead atoms. The first-order valence-corrected chi connectivity index (χ1v) is 9.23. The zero-order valence-corrected chi connectivity index (χ0v) is 15.8. The highest BCUT2D eigenvalue weighted by molar-refractivity contribution is 7.10. The summed E-state index contributed by atoms with van der Waals surface area (Å²) in [5, 5.41) is 13.7. The SMILES string of the molecule is COc1cccc(C(C)(O)c2nc(-c3cccc(C(C)C)c3)cs2)c1. The largest absolute Gasteiger partial charge is 0.497 e. The molecular formula is C21H23NO2S. The molecule has 1 N–H and O–H groups in total. The number of hydrogen-bond acceptors (Lipinski definition) is 4. The van der Waals surface area contributed by atoms with Gasteiger partial charge in [-0.05, 0) is 42.2 Å². The van der Waals surface area contributed by atoms with Crippen LogP contribution in [0.3, 0.4) is 0 Å². The molecule has 0 aliphatic rings. The van der Waals surface area contributed by atoms with Gasteiger partial charge >= 0.3 is 0 Å². The maximum Gasteiger partial charge on any atom is 0.138 e. The lowest BCUT2D eigenvalue weighted by molar-refractivity contribution is 0.102. The fourth-order valence-corrected chi connectivity index (χ4v) is 3.65. The summed E-state index contributed by atoms with van der Waals surface area (Å²) in [6.45, 7) is 6.13. The molecule has 0 spiro atoms. The van der Waals surface area contributed by atoms with Crippen LogP contribution in [0.5, 0.6) is 5.75 Å². The Morgan fingerprint density at radius 3 is 2.60 bits per heavy atom. The fourth-order valence-electron chi connectivity index (χ4n) is 2.74. The molecule has 3 nitrogen and oxygen atoms in total. The molecule has 0 amide bonds. The number of aromatic nitrogens is 1. The Bertz CT molecular complexity index is 868. The van der Waals surface area contributed by atoms with E-state index in [4.69, 9.17) is 9.72 Å². The summed E-state index contributed by atoms with van der Waals surface area (Å²) >= 11 is 1.47. The second kappa shape index (κ2) is 6.98. The van der Waals surface area contributed by atoms with Crippen molar-refractivity contribution in [1.29, 1.82) is 0 Å². The van der Waals surface area contributed by atoms with Crippen molar-refractivity contribution in [3.05, 3.63) is 70.0 Å². The van der Waals surface area contributed by atoms with Crippen molar-refractivity contribution < 1.29 is 9.84 Å². The quantitative estimate of drug-likeness (QED) is 0.686. The number of aliphatic hydroxyl groups is 1. The number of hydrogen-bond donors (Lipinski definition) is 1. The predicted octanol–water partition coefficient (Wildman–Crippen LogP) is 5.20. The lowest BCUT2D eigenvalue weighted by atomic mass is 9.96. The van der Waals surface area contributed by atoms with Crippen LogP contribution >= 0.6 is 11.3 Å². The van der Waals surface area contributed by atoms with Crippen LogP contribution in [-0.4, -0.2) is 17.2 Å². The highest BCUT2D eigenvalue weighted by Gasteiger charge is 2.29. The molecule has 0 saturated carbocycles. The van der Waals surface area contributed by atoms with Gasteiger partial charge < -0.3 is 9.84 Å². The predicted molar refractivity (Wildman–Crippen MR) is 103 cm³/mol. The van der Waals surface area contributed by atoms with E-state index in [0.29, 0.717) is 10.9 Å². The molecule has 0 aliphatic carbocycles. The lowest BCUT2D eigenvalue weighted by Gasteiger charge is -2.21. The fraction of sp³-hybridized carbons (Fsp3) is 0.286. The monoisotopic (exact) mass is 353 g/mol. The average Bonchev–Trinajstić information content (AvgIpc) is 3.13. The molecule has 130 valence electrons. The molecule has 3 rings (SSSR count). The molecule has 0 aliphatic heterocycles. The standard InChI is InChI=1S/C21H23NO2S/c1-14(2)15-7-5-8-16(11-15)19-13-25-20(22-19)21(3,23)17-9-6-10-18(12-17)24-4/h5-14,23H,1-4H3. The molecule has 0 radical (unpaired) electrons. The van der Waals surface area contributed by atoms with Gasteiger partial charge in [0, 0.05) is 10.9 Å². The van der Waals surface area contributed by atoms with Crippen LogP contribution < -0.4 is 4.74 Å². The van der Waals surface area contributed by atoms with Crippen LogP contribution in [0.15, 0.2) is 53.9 Å². The van der Waals surface area contributed by atoms with E-state index in [1.165, 1.54) is 16.9 Å². The third kappa shape index (κ3) is 3.60. The van der Waals surface area contributed by atoms with E-state index in [1.807, 2.05) is 29.6 Å². The molecule has 1 atom stereocenters. The number of ether oxygens (including phenoxy) is 1. The zero-order chi connectivity index (χ0) is 18.0. The summed E-state index contributed by atoms with van der Waals surface area (Å²) in [7, 11) is 1.62. The van der Waals surface area contributed by atoms with E-state index in [1.54, 1.807) is 14.0 Å². The first-order valence-electron chi connectivity index (χ1n) is 8.35. The van der Waals surface area contributed by atoms with Crippen LogP contribution in [0, 0.1) is 0 Å². The Morgan fingerprint density at radius 2 is 1.88 bits per heavy atom. The van der Waals surface area contributed by atoms with E-state index < -0.39 is 5.60 Å². The van der Waals surface area contributed by atoms with Crippen LogP contribution in [0.1, 0.15) is 42.8 Å². The summed E-state index contributed by atoms with van der Waals surface area (Å²) in [5.41, 5.74) is 2.86. The van der Waals surface area contributed by atoms with Crippen molar-refractivity contribution >= 4 is 11.3 Å². The number of thiazole rings is 1. The van der Waals surface area contributed by atoms with Crippen molar-refractivity contribution in [2.24, 2.45) is 0 Å². The normalized spacial score (nSPS) is 13.7. The van der Waals surface area contributed by atoms with Crippen molar-refractivity contribution in [3.8, 4) is 17.0 Å². The maximum absolute atomic E-state index is 11.1. The molecule has 4 heteroatoms. The van der Waals surface area contributed by atoms with E-state index in [9.17, 15) is 5.11 Å². The first kappa shape index (κ1) is 17.6. The Labute approximate surface area is 153 Å². The van der Waals surface area contributed by atoms with Gasteiger partial charge in [0.05, 0.1) is 12.8 Å². The van der Waals surface area contributed by atoms with Gasteiger partial charge in [0.15, 0.2) is 0 Å². The topological polar surface area (TPSA) is 42.4 Å². The smallest absolute Gasteiger partial charge is 0.138 e. The highest BCUT2D eigenvalue weighted by Crippen LogP contribution is 2.35. The van der Waals surface area contributed by atoms with E-state index >= 15 is 0 Å². The Balaban J connectivity index is 1.96. The van der Waals surface area contributed by atoms with E-state index in [0.717, 1.165) is 22.6 Å². The van der Waals surface area contributed by atoms with Gasteiger partial charge in [-0.15, -0.1) is 11.3 Å².